The van der Waals surface area contributed by atoms with E-state index in [1.807, 2.05) is 13.8 Å². The molecule has 18 heavy (non-hydrogen) atoms. The minimum absolute atomic E-state index is 0.0452. The number of hydrogen-bond donors (Lipinski definition) is 3. The predicted molar refractivity (Wildman–Crippen MR) is 67.5 cm³/mol. The first-order valence-electron chi connectivity index (χ1n) is 5.86. The highest BCUT2D eigenvalue weighted by molar-refractivity contribution is 5.95. The number of H-pyrrole nitrogens is 1. The molecule has 1 aromatic rings. The van der Waals surface area contributed by atoms with Gasteiger partial charge >= 0.3 is 0 Å². The number of aliphatic hydroxyl groups is 1. The molecule has 0 aromatic carbocycles. The number of carbonyl (C=O) groups is 1. The number of hydrogen-bond acceptors (Lipinski definition) is 4. The first-order valence-corrected chi connectivity index (χ1v) is 5.86. The Morgan fingerprint density at radius 2 is 2.06 bits per heavy atom. The first kappa shape index (κ1) is 14.4. The number of nitrogens with one attached hydrogen (secondary N) is 2. The summed E-state index contributed by atoms with van der Waals surface area (Å²) in [7, 11) is 0. The van der Waals surface area contributed by atoms with Crippen LogP contribution < -0.4 is 10.9 Å². The third-order valence-corrected chi connectivity index (χ3v) is 2.94. The van der Waals surface area contributed by atoms with Crippen molar-refractivity contribution < 1.29 is 9.90 Å². The van der Waals surface area contributed by atoms with Gasteiger partial charge in [-0.2, -0.15) is 5.10 Å². The zero-order valence-corrected chi connectivity index (χ0v) is 11.1. The second kappa shape index (κ2) is 5.77. The summed E-state index contributed by atoms with van der Waals surface area (Å²) < 4.78 is 0. The Bertz CT molecular complexity index is 494. The summed E-state index contributed by atoms with van der Waals surface area (Å²) in [5.41, 5.74) is 0.688. The van der Waals surface area contributed by atoms with Crippen LogP contribution >= 0.6 is 0 Å². The minimum Gasteiger partial charge on any atom is -0.391 e. The van der Waals surface area contributed by atoms with Gasteiger partial charge in [0.1, 0.15) is 5.56 Å². The lowest BCUT2D eigenvalue weighted by molar-refractivity contribution is 0.0869. The van der Waals surface area contributed by atoms with Gasteiger partial charge in [-0.3, -0.25) is 9.59 Å². The molecule has 1 unspecified atom stereocenters. The molecule has 0 saturated carbocycles. The van der Waals surface area contributed by atoms with Crippen LogP contribution in [0.2, 0.25) is 0 Å². The zero-order chi connectivity index (χ0) is 13.9. The van der Waals surface area contributed by atoms with Gasteiger partial charge in [0.25, 0.3) is 11.5 Å². The van der Waals surface area contributed by atoms with Crippen molar-refractivity contribution in [2.45, 2.75) is 33.8 Å². The summed E-state index contributed by atoms with van der Waals surface area (Å²) in [6.07, 6.45) is -0.628. The van der Waals surface area contributed by atoms with Crippen LogP contribution in [-0.2, 0) is 0 Å². The molecule has 0 radical (unpaired) electrons. The zero-order valence-electron chi connectivity index (χ0n) is 11.1. The Hall–Kier alpha value is -1.69. The molecule has 0 aliphatic carbocycles. The van der Waals surface area contributed by atoms with Crippen LogP contribution in [0.15, 0.2) is 4.79 Å². The molecule has 6 heteroatoms. The number of aliphatic hydroxyl groups excluding tert-OH is 1. The number of aromatic amines is 1. The molecule has 1 aromatic heterocycles. The molecule has 3 N–H and O–H groups in total. The van der Waals surface area contributed by atoms with E-state index in [0.29, 0.717) is 11.3 Å². The fourth-order valence-electron chi connectivity index (χ4n) is 1.42. The highest BCUT2D eigenvalue weighted by Crippen LogP contribution is 2.05. The number of rotatable bonds is 4. The lowest BCUT2D eigenvalue weighted by Gasteiger charge is -2.15. The maximum Gasteiger partial charge on any atom is 0.277 e. The smallest absolute Gasteiger partial charge is 0.277 e. The van der Waals surface area contributed by atoms with E-state index in [9.17, 15) is 14.7 Å². The van der Waals surface area contributed by atoms with Crippen molar-refractivity contribution >= 4 is 5.91 Å². The summed E-state index contributed by atoms with van der Waals surface area (Å²) in [5, 5.41) is 18.2. The van der Waals surface area contributed by atoms with Crippen LogP contribution in [0.4, 0.5) is 0 Å². The largest absolute Gasteiger partial charge is 0.391 e. The monoisotopic (exact) mass is 253 g/mol. The first-order chi connectivity index (χ1) is 8.34. The fraction of sp³-hybridized carbons (Fsp3) is 0.583. The van der Waals surface area contributed by atoms with E-state index >= 15 is 0 Å². The molecule has 0 spiro atoms. The summed E-state index contributed by atoms with van der Waals surface area (Å²) in [6.45, 7) is 7.21. The van der Waals surface area contributed by atoms with Gasteiger partial charge in [-0.15, -0.1) is 0 Å². The van der Waals surface area contributed by atoms with Crippen molar-refractivity contribution in [3.63, 3.8) is 0 Å². The second-order valence-corrected chi connectivity index (χ2v) is 4.66. The molecule has 0 aliphatic rings. The van der Waals surface area contributed by atoms with Crippen LogP contribution in [0.5, 0.6) is 0 Å². The van der Waals surface area contributed by atoms with Gasteiger partial charge in [0.15, 0.2) is 0 Å². The normalized spacial score (nSPS) is 12.6. The number of carbonyl (C=O) groups excluding carboxylic acids is 1. The van der Waals surface area contributed by atoms with Gasteiger partial charge in [-0.25, -0.2) is 5.10 Å². The van der Waals surface area contributed by atoms with E-state index < -0.39 is 17.6 Å². The Balaban J connectivity index is 2.86. The van der Waals surface area contributed by atoms with E-state index in [-0.39, 0.29) is 18.0 Å². The topological polar surface area (TPSA) is 95.1 Å². The number of aromatic nitrogens is 2. The van der Waals surface area contributed by atoms with Crippen LogP contribution in [0.1, 0.15) is 35.5 Å². The molecule has 100 valence electrons. The van der Waals surface area contributed by atoms with Gasteiger partial charge in [0, 0.05) is 6.54 Å². The highest BCUT2D eigenvalue weighted by Gasteiger charge is 2.17. The molecule has 0 saturated heterocycles. The minimum atomic E-state index is -0.628. The van der Waals surface area contributed by atoms with E-state index in [2.05, 4.69) is 15.5 Å². The third-order valence-electron chi connectivity index (χ3n) is 2.94. The maximum absolute atomic E-state index is 11.9. The van der Waals surface area contributed by atoms with Crippen molar-refractivity contribution in [3.8, 4) is 0 Å². The average Bonchev–Trinajstić information content (AvgIpc) is 2.31. The molecular weight excluding hydrogens is 234 g/mol. The Morgan fingerprint density at radius 1 is 1.44 bits per heavy atom. The molecule has 1 atom stereocenters. The van der Waals surface area contributed by atoms with Crippen molar-refractivity contribution in [2.24, 2.45) is 5.92 Å². The molecule has 1 amide bonds. The van der Waals surface area contributed by atoms with E-state index in [4.69, 9.17) is 0 Å². The van der Waals surface area contributed by atoms with E-state index in [0.717, 1.165) is 0 Å². The number of aryl methyl sites for hydroxylation is 1. The predicted octanol–water partition coefficient (Wildman–Crippen LogP) is 0.133. The fourth-order valence-corrected chi connectivity index (χ4v) is 1.42. The lowest BCUT2D eigenvalue weighted by atomic mass is 10.1. The summed E-state index contributed by atoms with van der Waals surface area (Å²) >= 11 is 0. The van der Waals surface area contributed by atoms with Crippen molar-refractivity contribution in [2.75, 3.05) is 6.54 Å². The van der Waals surface area contributed by atoms with Gasteiger partial charge in [0.2, 0.25) is 0 Å². The van der Waals surface area contributed by atoms with Crippen molar-refractivity contribution in [1.29, 1.82) is 0 Å². The average molecular weight is 253 g/mol. The Morgan fingerprint density at radius 3 is 2.61 bits per heavy atom. The standard InChI is InChI=1S/C12H19N3O3/c1-6(2)9(16)5-13-11(17)10-7(3)8(4)14-15-12(10)18/h6,9,16H,5H2,1-4H3,(H,13,17)(H,15,18). The molecule has 6 nitrogen and oxygen atoms in total. The van der Waals surface area contributed by atoms with Crippen LogP contribution in [0, 0.1) is 19.8 Å². The maximum atomic E-state index is 11.9. The quantitative estimate of drug-likeness (QED) is 0.711. The highest BCUT2D eigenvalue weighted by atomic mass is 16.3. The van der Waals surface area contributed by atoms with Gasteiger partial charge in [0.05, 0.1) is 11.8 Å². The van der Waals surface area contributed by atoms with Gasteiger partial charge in [-0.05, 0) is 25.3 Å². The van der Waals surface area contributed by atoms with Crippen molar-refractivity contribution in [3.05, 3.63) is 27.2 Å². The molecule has 0 fully saturated rings. The lowest BCUT2D eigenvalue weighted by Crippen LogP contribution is -2.38. The third kappa shape index (κ3) is 3.16. The van der Waals surface area contributed by atoms with E-state index in [1.165, 1.54) is 0 Å². The molecule has 1 rings (SSSR count). The Labute approximate surface area is 105 Å². The van der Waals surface area contributed by atoms with E-state index in [1.54, 1.807) is 13.8 Å². The van der Waals surface area contributed by atoms with Crippen LogP contribution in [-0.4, -0.2) is 33.9 Å². The van der Waals surface area contributed by atoms with Gasteiger partial charge < -0.3 is 10.4 Å². The Kier molecular flexibility index (Phi) is 4.61. The summed E-state index contributed by atoms with van der Waals surface area (Å²) in [5.74, 6) is -0.442. The van der Waals surface area contributed by atoms with Crippen LogP contribution in [0.3, 0.4) is 0 Å². The number of amides is 1. The summed E-state index contributed by atoms with van der Waals surface area (Å²) in [4.78, 5) is 23.5. The van der Waals surface area contributed by atoms with Gasteiger partial charge in [-0.1, -0.05) is 13.8 Å². The number of nitrogens with zero attached hydrogens (tertiary/aromatic N) is 1. The molecule has 0 bridgehead atoms. The molecule has 0 aliphatic heterocycles. The summed E-state index contributed by atoms with van der Waals surface area (Å²) in [6, 6.07) is 0. The second-order valence-electron chi connectivity index (χ2n) is 4.66. The SMILES string of the molecule is Cc1n[nH]c(=O)c(C(=O)NCC(O)C(C)C)c1C. The van der Waals surface area contributed by atoms with Crippen LogP contribution in [0.25, 0.3) is 0 Å². The molecule has 1 heterocycles. The molecular formula is C12H19N3O3. The van der Waals surface area contributed by atoms with Crippen molar-refractivity contribution in [1.82, 2.24) is 15.5 Å².